The first-order valence-electron chi connectivity index (χ1n) is 5.94. The highest BCUT2D eigenvalue weighted by Crippen LogP contribution is 2.13. The maximum atomic E-state index is 11.9. The number of nitrogens with one attached hydrogen (secondary N) is 1. The van der Waals surface area contributed by atoms with Crippen LogP contribution in [0.1, 0.15) is 11.8 Å². The van der Waals surface area contributed by atoms with E-state index >= 15 is 0 Å². The van der Waals surface area contributed by atoms with Crippen LogP contribution in [0.3, 0.4) is 0 Å². The standard InChI is InChI=1S/C14H13IN2O2S/c1-10(19-16-9-13-6-3-7-20-13)14(18)17-12-5-2-4-11(15)8-12/h2-10H,1H3,(H,17,18). The number of thiophene rings is 1. The van der Waals surface area contributed by atoms with Crippen LogP contribution in [0.4, 0.5) is 5.69 Å². The SMILES string of the molecule is CC(ON=Cc1cccs1)C(=O)Nc1cccc(I)c1. The molecule has 2 rings (SSSR count). The molecular weight excluding hydrogens is 387 g/mol. The number of carbonyl (C=O) groups excluding carboxylic acids is 1. The lowest BCUT2D eigenvalue weighted by molar-refractivity contribution is -0.126. The Kier molecular flexibility index (Phi) is 5.54. The predicted molar refractivity (Wildman–Crippen MR) is 90.2 cm³/mol. The Hall–Kier alpha value is -1.41. The van der Waals surface area contributed by atoms with Crippen molar-refractivity contribution in [3.8, 4) is 0 Å². The highest BCUT2D eigenvalue weighted by atomic mass is 127. The smallest absolute Gasteiger partial charge is 0.267 e. The summed E-state index contributed by atoms with van der Waals surface area (Å²) >= 11 is 3.75. The molecule has 0 saturated carbocycles. The second-order valence-corrected chi connectivity index (χ2v) is 6.22. The normalized spacial score (nSPS) is 12.3. The van der Waals surface area contributed by atoms with Crippen molar-refractivity contribution >= 4 is 51.7 Å². The Labute approximate surface area is 135 Å². The van der Waals surface area contributed by atoms with Gasteiger partial charge in [0, 0.05) is 14.1 Å². The lowest BCUT2D eigenvalue weighted by atomic mass is 10.3. The topological polar surface area (TPSA) is 50.7 Å². The van der Waals surface area contributed by atoms with Crippen molar-refractivity contribution in [2.75, 3.05) is 5.32 Å². The van der Waals surface area contributed by atoms with E-state index in [1.807, 2.05) is 41.8 Å². The summed E-state index contributed by atoms with van der Waals surface area (Å²) in [7, 11) is 0. The summed E-state index contributed by atoms with van der Waals surface area (Å²) < 4.78 is 1.06. The van der Waals surface area contributed by atoms with Crippen molar-refractivity contribution in [1.82, 2.24) is 0 Å². The molecule has 1 N–H and O–H groups in total. The monoisotopic (exact) mass is 400 g/mol. The molecule has 0 aliphatic rings. The molecule has 1 unspecified atom stereocenters. The molecule has 4 nitrogen and oxygen atoms in total. The zero-order valence-corrected chi connectivity index (χ0v) is 13.7. The number of hydrogen-bond donors (Lipinski definition) is 1. The highest BCUT2D eigenvalue weighted by Gasteiger charge is 2.14. The van der Waals surface area contributed by atoms with Crippen molar-refractivity contribution in [1.29, 1.82) is 0 Å². The summed E-state index contributed by atoms with van der Waals surface area (Å²) in [5.41, 5.74) is 0.750. The number of benzene rings is 1. The molecule has 0 radical (unpaired) electrons. The molecule has 1 heterocycles. The number of carbonyl (C=O) groups is 1. The van der Waals surface area contributed by atoms with Crippen molar-refractivity contribution < 1.29 is 9.63 Å². The first kappa shape index (κ1) is 15.0. The van der Waals surface area contributed by atoms with E-state index in [-0.39, 0.29) is 5.91 Å². The molecule has 20 heavy (non-hydrogen) atoms. The summed E-state index contributed by atoms with van der Waals surface area (Å²) in [6.07, 6.45) is 0.948. The molecule has 104 valence electrons. The molecule has 6 heteroatoms. The van der Waals surface area contributed by atoms with Gasteiger partial charge in [-0.05, 0) is 59.2 Å². The number of oxime groups is 1. The van der Waals surface area contributed by atoms with Crippen LogP contribution >= 0.6 is 33.9 Å². The number of rotatable bonds is 5. The van der Waals surface area contributed by atoms with Gasteiger partial charge in [-0.2, -0.15) is 0 Å². The Morgan fingerprint density at radius 1 is 1.45 bits per heavy atom. The van der Waals surface area contributed by atoms with Gasteiger partial charge < -0.3 is 10.2 Å². The molecule has 1 amide bonds. The predicted octanol–water partition coefficient (Wildman–Crippen LogP) is 3.73. The Morgan fingerprint density at radius 3 is 3.00 bits per heavy atom. The van der Waals surface area contributed by atoms with Gasteiger partial charge in [-0.15, -0.1) is 11.3 Å². The molecule has 1 aromatic carbocycles. The van der Waals surface area contributed by atoms with E-state index in [1.54, 1.807) is 24.5 Å². The molecule has 0 fully saturated rings. The molecule has 0 bridgehead atoms. The van der Waals surface area contributed by atoms with Crippen LogP contribution in [-0.2, 0) is 9.63 Å². The summed E-state index contributed by atoms with van der Waals surface area (Å²) in [5, 5.41) is 8.56. The molecule has 1 aromatic heterocycles. The third-order valence-corrected chi connectivity index (χ3v) is 3.88. The van der Waals surface area contributed by atoms with E-state index in [0.717, 1.165) is 14.1 Å². The zero-order chi connectivity index (χ0) is 14.4. The molecule has 0 spiro atoms. The van der Waals surface area contributed by atoms with Crippen LogP contribution in [0.25, 0.3) is 0 Å². The van der Waals surface area contributed by atoms with E-state index in [4.69, 9.17) is 4.84 Å². The van der Waals surface area contributed by atoms with Gasteiger partial charge in [0.2, 0.25) is 6.10 Å². The fourth-order valence-corrected chi connectivity index (χ4v) is 2.51. The Morgan fingerprint density at radius 2 is 2.30 bits per heavy atom. The summed E-state index contributed by atoms with van der Waals surface area (Å²) in [4.78, 5) is 18.0. The van der Waals surface area contributed by atoms with Gasteiger partial charge in [0.25, 0.3) is 5.91 Å². The highest BCUT2D eigenvalue weighted by molar-refractivity contribution is 14.1. The quantitative estimate of drug-likeness (QED) is 0.473. The summed E-state index contributed by atoms with van der Waals surface area (Å²) in [6.45, 7) is 1.66. The van der Waals surface area contributed by atoms with Gasteiger partial charge in [0.1, 0.15) is 0 Å². The lowest BCUT2D eigenvalue weighted by Gasteiger charge is -2.10. The first-order chi connectivity index (χ1) is 9.65. The fraction of sp³-hybridized carbons (Fsp3) is 0.143. The van der Waals surface area contributed by atoms with E-state index in [1.165, 1.54) is 0 Å². The maximum Gasteiger partial charge on any atom is 0.267 e. The summed E-state index contributed by atoms with van der Waals surface area (Å²) in [5.74, 6) is -0.227. The van der Waals surface area contributed by atoms with Crippen LogP contribution in [0.15, 0.2) is 46.9 Å². The van der Waals surface area contributed by atoms with Crippen molar-refractivity contribution in [2.24, 2.45) is 5.16 Å². The van der Waals surface area contributed by atoms with Crippen LogP contribution in [0, 0.1) is 3.57 Å². The van der Waals surface area contributed by atoms with Gasteiger partial charge in [-0.1, -0.05) is 17.3 Å². The van der Waals surface area contributed by atoms with Gasteiger partial charge in [0.05, 0.1) is 6.21 Å². The molecule has 2 aromatic rings. The second kappa shape index (κ2) is 7.39. The van der Waals surface area contributed by atoms with Crippen molar-refractivity contribution in [2.45, 2.75) is 13.0 Å². The van der Waals surface area contributed by atoms with Gasteiger partial charge in [-0.3, -0.25) is 4.79 Å². The van der Waals surface area contributed by atoms with Crippen molar-refractivity contribution in [3.63, 3.8) is 0 Å². The van der Waals surface area contributed by atoms with Gasteiger partial charge in [-0.25, -0.2) is 0 Å². The van der Waals surface area contributed by atoms with Crippen LogP contribution in [-0.4, -0.2) is 18.2 Å². The third-order valence-electron chi connectivity index (χ3n) is 2.40. The van der Waals surface area contributed by atoms with E-state index < -0.39 is 6.10 Å². The van der Waals surface area contributed by atoms with Crippen LogP contribution in [0.2, 0.25) is 0 Å². The second-order valence-electron chi connectivity index (χ2n) is 4.00. The molecule has 0 saturated heterocycles. The van der Waals surface area contributed by atoms with E-state index in [2.05, 4.69) is 33.1 Å². The minimum Gasteiger partial charge on any atom is -0.383 e. The van der Waals surface area contributed by atoms with E-state index in [0.29, 0.717) is 0 Å². The van der Waals surface area contributed by atoms with Crippen LogP contribution < -0.4 is 5.32 Å². The van der Waals surface area contributed by atoms with Crippen LogP contribution in [0.5, 0.6) is 0 Å². The third kappa shape index (κ3) is 4.61. The number of halogens is 1. The van der Waals surface area contributed by atoms with Gasteiger partial charge in [0.15, 0.2) is 0 Å². The number of hydrogen-bond acceptors (Lipinski definition) is 4. The average Bonchev–Trinajstić information content (AvgIpc) is 2.91. The number of amides is 1. The minimum absolute atomic E-state index is 0.227. The van der Waals surface area contributed by atoms with Gasteiger partial charge >= 0.3 is 0 Å². The largest absolute Gasteiger partial charge is 0.383 e. The molecular formula is C14H13IN2O2S. The lowest BCUT2D eigenvalue weighted by Crippen LogP contribution is -2.26. The number of nitrogens with zero attached hydrogens (tertiary/aromatic N) is 1. The Balaban J connectivity index is 1.86. The fourth-order valence-electron chi connectivity index (χ4n) is 1.40. The summed E-state index contributed by atoms with van der Waals surface area (Å²) in [6, 6.07) is 11.4. The zero-order valence-electron chi connectivity index (χ0n) is 10.7. The molecule has 1 atom stereocenters. The van der Waals surface area contributed by atoms with Crippen molar-refractivity contribution in [3.05, 3.63) is 50.2 Å². The maximum absolute atomic E-state index is 11.9. The average molecular weight is 400 g/mol. The van der Waals surface area contributed by atoms with E-state index in [9.17, 15) is 4.79 Å². The molecule has 0 aliphatic carbocycles. The number of anilines is 1. The first-order valence-corrected chi connectivity index (χ1v) is 7.90. The molecule has 0 aliphatic heterocycles. The minimum atomic E-state index is -0.649. The Bertz CT molecular complexity index is 599.